The van der Waals surface area contributed by atoms with Crippen LogP contribution in [0.4, 0.5) is 0 Å². The number of carboxylic acids is 1. The number of hydrogen-bond donors (Lipinski definition) is 1. The first-order chi connectivity index (χ1) is 13.1. The molecule has 1 N–H and O–H groups in total. The Hall–Kier alpha value is -3.24. The van der Waals surface area contributed by atoms with Gasteiger partial charge in [0.25, 0.3) is 0 Å². The third kappa shape index (κ3) is 3.52. The Balaban J connectivity index is 1.71. The first-order valence-corrected chi connectivity index (χ1v) is 8.72. The van der Waals surface area contributed by atoms with Crippen LogP contribution in [0.2, 0.25) is 5.02 Å². The van der Waals surface area contributed by atoms with Crippen LogP contribution in [0.5, 0.6) is 5.75 Å². The molecule has 0 bridgehead atoms. The van der Waals surface area contributed by atoms with Crippen molar-refractivity contribution in [2.75, 3.05) is 0 Å². The Morgan fingerprint density at radius 2 is 1.81 bits per heavy atom. The van der Waals surface area contributed by atoms with E-state index in [-0.39, 0.29) is 5.56 Å². The molecule has 1 heterocycles. The van der Waals surface area contributed by atoms with Gasteiger partial charge in [-0.05, 0) is 35.9 Å². The zero-order valence-electron chi connectivity index (χ0n) is 14.2. The molecule has 0 aliphatic heterocycles. The molecule has 0 amide bonds. The summed E-state index contributed by atoms with van der Waals surface area (Å²) in [6.45, 7) is 0.331. The van der Waals surface area contributed by atoms with Crippen LogP contribution in [0, 0.1) is 0 Å². The van der Waals surface area contributed by atoms with Crippen LogP contribution in [0.25, 0.3) is 22.3 Å². The van der Waals surface area contributed by atoms with E-state index in [2.05, 4.69) is 0 Å². The van der Waals surface area contributed by atoms with Crippen LogP contribution in [-0.2, 0) is 6.61 Å². The minimum atomic E-state index is -1.04. The Kier molecular flexibility index (Phi) is 4.57. The highest BCUT2D eigenvalue weighted by Gasteiger charge is 2.22. The lowest BCUT2D eigenvalue weighted by molar-refractivity contribution is 0.0699. The van der Waals surface area contributed by atoms with Crippen molar-refractivity contribution < 1.29 is 19.1 Å². The fourth-order valence-electron chi connectivity index (χ4n) is 2.97. The number of carboxylic acid groups (broad SMARTS) is 1. The fraction of sp³-hybridized carbons (Fsp3) is 0.0455. The first kappa shape index (κ1) is 17.2. The highest BCUT2D eigenvalue weighted by Crippen LogP contribution is 2.35. The van der Waals surface area contributed by atoms with Crippen LogP contribution in [0.1, 0.15) is 15.9 Å². The number of furan rings is 1. The van der Waals surface area contributed by atoms with Gasteiger partial charge in [0.15, 0.2) is 0 Å². The number of ether oxygens (including phenoxy) is 1. The lowest BCUT2D eigenvalue weighted by atomic mass is 10.1. The fourth-order valence-corrected chi connectivity index (χ4v) is 3.18. The molecule has 0 saturated heterocycles. The van der Waals surface area contributed by atoms with Crippen molar-refractivity contribution in [1.82, 2.24) is 0 Å². The average molecular weight is 379 g/mol. The smallest absolute Gasteiger partial charge is 0.340 e. The molecule has 0 fully saturated rings. The zero-order valence-corrected chi connectivity index (χ0v) is 14.9. The van der Waals surface area contributed by atoms with Crippen LogP contribution in [0.3, 0.4) is 0 Å². The molecule has 27 heavy (non-hydrogen) atoms. The van der Waals surface area contributed by atoms with Gasteiger partial charge in [0, 0.05) is 16.0 Å². The van der Waals surface area contributed by atoms with Crippen molar-refractivity contribution in [3.8, 4) is 17.1 Å². The van der Waals surface area contributed by atoms with Crippen molar-refractivity contribution in [2.45, 2.75) is 6.61 Å². The molecule has 3 aromatic carbocycles. The molecular weight excluding hydrogens is 364 g/mol. The van der Waals surface area contributed by atoms with Gasteiger partial charge in [-0.25, -0.2) is 4.79 Å². The van der Waals surface area contributed by atoms with Gasteiger partial charge in [-0.15, -0.1) is 0 Å². The van der Waals surface area contributed by atoms with E-state index < -0.39 is 5.97 Å². The van der Waals surface area contributed by atoms with Gasteiger partial charge in [0.05, 0.1) is 0 Å². The molecule has 0 radical (unpaired) electrons. The van der Waals surface area contributed by atoms with Crippen LogP contribution in [0.15, 0.2) is 77.2 Å². The minimum absolute atomic E-state index is 0.129. The van der Waals surface area contributed by atoms with Gasteiger partial charge < -0.3 is 14.3 Å². The highest BCUT2D eigenvalue weighted by molar-refractivity contribution is 6.30. The summed E-state index contributed by atoms with van der Waals surface area (Å²) in [4.78, 5) is 11.9. The van der Waals surface area contributed by atoms with E-state index in [0.717, 1.165) is 5.56 Å². The van der Waals surface area contributed by atoms with Crippen LogP contribution in [-0.4, -0.2) is 11.1 Å². The second-order valence-electron chi connectivity index (χ2n) is 6.05. The van der Waals surface area contributed by atoms with Gasteiger partial charge in [0.2, 0.25) is 0 Å². The van der Waals surface area contributed by atoms with E-state index in [9.17, 15) is 9.90 Å². The topological polar surface area (TPSA) is 59.7 Å². The Labute approximate surface area is 160 Å². The van der Waals surface area contributed by atoms with Crippen molar-refractivity contribution >= 4 is 28.5 Å². The van der Waals surface area contributed by atoms with Gasteiger partial charge in [-0.2, -0.15) is 0 Å². The minimum Gasteiger partial charge on any atom is -0.489 e. The summed E-state index contributed by atoms with van der Waals surface area (Å²) in [7, 11) is 0. The number of carbonyl (C=O) groups is 1. The third-order valence-electron chi connectivity index (χ3n) is 4.20. The van der Waals surface area contributed by atoms with Crippen LogP contribution >= 0.6 is 11.6 Å². The number of aromatic carboxylic acids is 1. The lowest BCUT2D eigenvalue weighted by Crippen LogP contribution is -1.98. The standard InChI is InChI=1S/C22H15ClO4/c23-16-8-4-5-14(11-16)13-26-17-9-10-19-18(12-17)20(22(24)25)21(27-19)15-6-2-1-3-7-15/h1-12H,13H2,(H,24,25). The van der Waals surface area contributed by atoms with Crippen molar-refractivity contribution in [3.63, 3.8) is 0 Å². The SMILES string of the molecule is O=C(O)c1c(-c2ccccc2)oc2ccc(OCc3cccc(Cl)c3)cc12. The molecule has 0 spiro atoms. The van der Waals surface area contributed by atoms with Crippen molar-refractivity contribution in [1.29, 1.82) is 0 Å². The molecule has 4 aromatic rings. The lowest BCUT2D eigenvalue weighted by Gasteiger charge is -2.06. The third-order valence-corrected chi connectivity index (χ3v) is 4.44. The number of hydrogen-bond acceptors (Lipinski definition) is 3. The highest BCUT2D eigenvalue weighted by atomic mass is 35.5. The van der Waals surface area contributed by atoms with E-state index in [1.165, 1.54) is 0 Å². The van der Waals surface area contributed by atoms with Gasteiger partial charge in [-0.3, -0.25) is 0 Å². The summed E-state index contributed by atoms with van der Waals surface area (Å²) in [6.07, 6.45) is 0. The number of rotatable bonds is 5. The Morgan fingerprint density at radius 1 is 1.00 bits per heavy atom. The Bertz CT molecular complexity index is 1120. The van der Waals surface area contributed by atoms with E-state index in [0.29, 0.717) is 39.7 Å². The quantitative estimate of drug-likeness (QED) is 0.460. The second kappa shape index (κ2) is 7.17. The molecule has 0 atom stereocenters. The molecule has 1 aromatic heterocycles. The number of halogens is 1. The second-order valence-corrected chi connectivity index (χ2v) is 6.49. The van der Waals surface area contributed by atoms with Gasteiger partial charge in [-0.1, -0.05) is 54.1 Å². The van der Waals surface area contributed by atoms with Crippen LogP contribution < -0.4 is 4.74 Å². The zero-order chi connectivity index (χ0) is 18.8. The van der Waals surface area contributed by atoms with E-state index in [1.807, 2.05) is 48.5 Å². The van der Waals surface area contributed by atoms with Gasteiger partial charge in [0.1, 0.15) is 29.3 Å². The molecular formula is C22H15ClO4. The maximum Gasteiger partial charge on any atom is 0.340 e. The molecule has 4 nitrogen and oxygen atoms in total. The van der Waals surface area contributed by atoms with Crippen molar-refractivity contribution in [3.05, 3.63) is 88.9 Å². The molecule has 134 valence electrons. The van der Waals surface area contributed by atoms with E-state index >= 15 is 0 Å². The number of fused-ring (bicyclic) bond motifs is 1. The molecule has 0 saturated carbocycles. The summed E-state index contributed by atoms with van der Waals surface area (Å²) in [5.41, 5.74) is 2.27. The normalized spacial score (nSPS) is 10.9. The molecule has 4 rings (SSSR count). The van der Waals surface area contributed by atoms with E-state index in [1.54, 1.807) is 24.3 Å². The number of benzene rings is 3. The summed E-state index contributed by atoms with van der Waals surface area (Å²) in [5, 5.41) is 10.9. The molecule has 5 heteroatoms. The van der Waals surface area contributed by atoms with Gasteiger partial charge >= 0.3 is 5.97 Å². The summed E-state index contributed by atoms with van der Waals surface area (Å²) in [5.74, 6) is -0.143. The Morgan fingerprint density at radius 3 is 2.56 bits per heavy atom. The largest absolute Gasteiger partial charge is 0.489 e. The van der Waals surface area contributed by atoms with E-state index in [4.69, 9.17) is 20.8 Å². The summed E-state index contributed by atoms with van der Waals surface area (Å²) in [6, 6.07) is 21.8. The maximum absolute atomic E-state index is 11.9. The summed E-state index contributed by atoms with van der Waals surface area (Å²) >= 11 is 5.99. The maximum atomic E-state index is 11.9. The molecule has 0 aliphatic carbocycles. The molecule has 0 aliphatic rings. The predicted octanol–water partition coefficient (Wildman–Crippen LogP) is 6.03. The first-order valence-electron chi connectivity index (χ1n) is 8.34. The molecule has 0 unspecified atom stereocenters. The summed E-state index contributed by atoms with van der Waals surface area (Å²) < 4.78 is 11.6. The monoisotopic (exact) mass is 378 g/mol. The van der Waals surface area contributed by atoms with Crippen molar-refractivity contribution in [2.24, 2.45) is 0 Å². The predicted molar refractivity (Wildman–Crippen MR) is 104 cm³/mol. The average Bonchev–Trinajstić information content (AvgIpc) is 3.06.